The van der Waals surface area contributed by atoms with Gasteiger partial charge < -0.3 is 10.2 Å². The Morgan fingerprint density at radius 1 is 1.26 bits per heavy atom. The van der Waals surface area contributed by atoms with Gasteiger partial charge in [0.2, 0.25) is 5.91 Å². The minimum atomic E-state index is 0.126. The third-order valence-electron chi connectivity index (χ3n) is 2.96. The third kappa shape index (κ3) is 6.09. The maximum absolute atomic E-state index is 11.6. The molecular formula is C16H24N2O. The molecule has 1 aromatic rings. The molecule has 0 radical (unpaired) electrons. The zero-order valence-electron chi connectivity index (χ0n) is 12.1. The fourth-order valence-corrected chi connectivity index (χ4v) is 1.77. The molecule has 0 atom stereocenters. The average molecular weight is 260 g/mol. The van der Waals surface area contributed by atoms with Gasteiger partial charge in [0.05, 0.1) is 0 Å². The predicted octanol–water partition coefficient (Wildman–Crippen LogP) is 2.77. The number of carbonyl (C=O) groups is 1. The van der Waals surface area contributed by atoms with Gasteiger partial charge in [0.15, 0.2) is 0 Å². The molecule has 0 fully saturated rings. The number of rotatable bonds is 7. The molecular weight excluding hydrogens is 236 g/mol. The summed E-state index contributed by atoms with van der Waals surface area (Å²) < 4.78 is 0. The lowest BCUT2D eigenvalue weighted by Gasteiger charge is -2.12. The third-order valence-corrected chi connectivity index (χ3v) is 2.96. The minimum absolute atomic E-state index is 0.126. The van der Waals surface area contributed by atoms with E-state index in [4.69, 9.17) is 0 Å². The van der Waals surface area contributed by atoms with Crippen LogP contribution in [0.2, 0.25) is 0 Å². The molecule has 0 aliphatic heterocycles. The number of allylic oxidation sites excluding steroid dienone is 1. The van der Waals surface area contributed by atoms with Crippen LogP contribution < -0.4 is 10.2 Å². The largest absolute Gasteiger partial charge is 0.378 e. The van der Waals surface area contributed by atoms with E-state index < -0.39 is 0 Å². The van der Waals surface area contributed by atoms with E-state index in [-0.39, 0.29) is 5.91 Å². The molecule has 0 saturated carbocycles. The fraction of sp³-hybridized carbons (Fsp3) is 0.438. The van der Waals surface area contributed by atoms with Crippen molar-refractivity contribution in [3.8, 4) is 0 Å². The molecule has 1 rings (SSSR count). The van der Waals surface area contributed by atoms with Crippen LogP contribution in [0, 0.1) is 0 Å². The smallest absolute Gasteiger partial charge is 0.220 e. The number of hydrogen-bond donors (Lipinski definition) is 1. The van der Waals surface area contributed by atoms with E-state index in [1.165, 1.54) is 11.3 Å². The minimum Gasteiger partial charge on any atom is -0.378 e. The highest BCUT2D eigenvalue weighted by atomic mass is 16.1. The van der Waals surface area contributed by atoms with Crippen LogP contribution in [0.4, 0.5) is 5.69 Å². The second kappa shape index (κ2) is 8.35. The van der Waals surface area contributed by atoms with E-state index in [9.17, 15) is 4.79 Å². The Morgan fingerprint density at radius 2 is 1.95 bits per heavy atom. The summed E-state index contributed by atoms with van der Waals surface area (Å²) in [6.45, 7) is 2.71. The van der Waals surface area contributed by atoms with E-state index in [2.05, 4.69) is 40.6 Å². The quantitative estimate of drug-likeness (QED) is 0.604. The Kier molecular flexibility index (Phi) is 6.72. The molecule has 0 bridgehead atoms. The van der Waals surface area contributed by atoms with Crippen LogP contribution in [0.15, 0.2) is 36.4 Å². The van der Waals surface area contributed by atoms with E-state index in [1.807, 2.05) is 27.1 Å². The van der Waals surface area contributed by atoms with Crippen molar-refractivity contribution >= 4 is 11.6 Å². The van der Waals surface area contributed by atoms with Gasteiger partial charge in [0, 0.05) is 32.7 Å². The van der Waals surface area contributed by atoms with Crippen molar-refractivity contribution in [3.05, 3.63) is 42.0 Å². The summed E-state index contributed by atoms with van der Waals surface area (Å²) in [4.78, 5) is 13.7. The van der Waals surface area contributed by atoms with Gasteiger partial charge >= 0.3 is 0 Å². The molecule has 0 saturated heterocycles. The molecule has 3 nitrogen and oxygen atoms in total. The lowest BCUT2D eigenvalue weighted by molar-refractivity contribution is -0.121. The van der Waals surface area contributed by atoms with Crippen LogP contribution in [0.25, 0.3) is 0 Å². The first kappa shape index (κ1) is 15.3. The van der Waals surface area contributed by atoms with Gasteiger partial charge in [-0.3, -0.25) is 4.79 Å². The number of amides is 1. The first-order chi connectivity index (χ1) is 9.13. The average Bonchev–Trinajstić information content (AvgIpc) is 2.42. The zero-order valence-corrected chi connectivity index (χ0v) is 12.1. The van der Waals surface area contributed by atoms with E-state index in [0.717, 1.165) is 19.4 Å². The number of hydrogen-bond acceptors (Lipinski definition) is 2. The van der Waals surface area contributed by atoms with Gasteiger partial charge in [0.25, 0.3) is 0 Å². The predicted molar refractivity (Wildman–Crippen MR) is 81.5 cm³/mol. The molecule has 104 valence electrons. The number of carbonyl (C=O) groups excluding carboxylic acids is 1. The van der Waals surface area contributed by atoms with Crippen molar-refractivity contribution < 1.29 is 4.79 Å². The first-order valence-electron chi connectivity index (χ1n) is 6.77. The fourth-order valence-electron chi connectivity index (χ4n) is 1.77. The van der Waals surface area contributed by atoms with Gasteiger partial charge in [-0.05, 0) is 37.5 Å². The van der Waals surface area contributed by atoms with Gasteiger partial charge in [-0.2, -0.15) is 0 Å². The highest BCUT2D eigenvalue weighted by Crippen LogP contribution is 2.13. The van der Waals surface area contributed by atoms with Crippen LogP contribution in [-0.4, -0.2) is 26.5 Å². The number of nitrogens with zero attached hydrogens (tertiary/aromatic N) is 1. The molecule has 0 aliphatic carbocycles. The molecule has 0 heterocycles. The molecule has 3 heteroatoms. The number of aryl methyl sites for hydroxylation is 1. The monoisotopic (exact) mass is 260 g/mol. The molecule has 0 unspecified atom stereocenters. The number of anilines is 1. The van der Waals surface area contributed by atoms with Crippen molar-refractivity contribution in [2.75, 3.05) is 25.5 Å². The molecule has 1 aromatic carbocycles. The van der Waals surface area contributed by atoms with Crippen LogP contribution in [-0.2, 0) is 11.2 Å². The van der Waals surface area contributed by atoms with Crippen LogP contribution in [0.1, 0.15) is 25.3 Å². The van der Waals surface area contributed by atoms with Crippen molar-refractivity contribution in [2.24, 2.45) is 0 Å². The first-order valence-corrected chi connectivity index (χ1v) is 6.77. The highest BCUT2D eigenvalue weighted by molar-refractivity contribution is 5.76. The van der Waals surface area contributed by atoms with Crippen molar-refractivity contribution in [1.82, 2.24) is 5.32 Å². The Bertz CT molecular complexity index is 407. The van der Waals surface area contributed by atoms with E-state index in [0.29, 0.717) is 6.42 Å². The summed E-state index contributed by atoms with van der Waals surface area (Å²) in [6.07, 6.45) is 6.30. The Morgan fingerprint density at radius 3 is 2.53 bits per heavy atom. The molecule has 0 aliphatic rings. The summed E-state index contributed by atoms with van der Waals surface area (Å²) in [6, 6.07) is 8.34. The molecule has 0 spiro atoms. The molecule has 0 aromatic heterocycles. The van der Waals surface area contributed by atoms with Crippen molar-refractivity contribution in [3.63, 3.8) is 0 Å². The molecule has 1 N–H and O–H groups in total. The Hall–Kier alpha value is -1.77. The Labute approximate surface area is 116 Å². The number of benzene rings is 1. The highest BCUT2D eigenvalue weighted by Gasteiger charge is 2.02. The SMILES string of the molecule is C/C=C/CCNC(=O)CCc1ccc(N(C)C)cc1. The van der Waals surface area contributed by atoms with Gasteiger partial charge in [-0.25, -0.2) is 0 Å². The van der Waals surface area contributed by atoms with Crippen LogP contribution in [0.3, 0.4) is 0 Å². The molecule has 1 amide bonds. The van der Waals surface area contributed by atoms with Crippen LogP contribution >= 0.6 is 0 Å². The maximum Gasteiger partial charge on any atom is 0.220 e. The standard InChI is InChI=1S/C16H24N2O/c1-4-5-6-13-17-16(19)12-9-14-7-10-15(11-8-14)18(2)3/h4-5,7-8,10-11H,6,9,12-13H2,1-3H3,(H,17,19)/b5-4+. The summed E-state index contributed by atoms with van der Waals surface area (Å²) in [5, 5.41) is 2.92. The van der Waals surface area contributed by atoms with Gasteiger partial charge in [0.1, 0.15) is 0 Å². The van der Waals surface area contributed by atoms with Gasteiger partial charge in [-0.15, -0.1) is 0 Å². The summed E-state index contributed by atoms with van der Waals surface area (Å²) in [5.74, 6) is 0.126. The second-order valence-electron chi connectivity index (χ2n) is 4.77. The lowest BCUT2D eigenvalue weighted by atomic mass is 10.1. The van der Waals surface area contributed by atoms with E-state index >= 15 is 0 Å². The van der Waals surface area contributed by atoms with E-state index in [1.54, 1.807) is 0 Å². The second-order valence-corrected chi connectivity index (χ2v) is 4.77. The van der Waals surface area contributed by atoms with Crippen LogP contribution in [0.5, 0.6) is 0 Å². The molecule has 19 heavy (non-hydrogen) atoms. The zero-order chi connectivity index (χ0) is 14.1. The summed E-state index contributed by atoms with van der Waals surface area (Å²) in [5.41, 5.74) is 2.38. The van der Waals surface area contributed by atoms with Crippen molar-refractivity contribution in [1.29, 1.82) is 0 Å². The summed E-state index contributed by atoms with van der Waals surface area (Å²) in [7, 11) is 4.04. The summed E-state index contributed by atoms with van der Waals surface area (Å²) >= 11 is 0. The maximum atomic E-state index is 11.6. The van der Waals surface area contributed by atoms with Crippen molar-refractivity contribution in [2.45, 2.75) is 26.2 Å². The normalized spacial score (nSPS) is 10.7. The number of nitrogens with one attached hydrogen (secondary N) is 1. The van der Waals surface area contributed by atoms with Gasteiger partial charge in [-0.1, -0.05) is 24.3 Å². The Balaban J connectivity index is 2.29. The lowest BCUT2D eigenvalue weighted by Crippen LogP contribution is -2.24. The topological polar surface area (TPSA) is 32.3 Å².